The van der Waals surface area contributed by atoms with Crippen molar-refractivity contribution in [2.75, 3.05) is 35.7 Å². The fourth-order valence-corrected chi connectivity index (χ4v) is 5.60. The molecule has 1 fully saturated rings. The second kappa shape index (κ2) is 8.47. The lowest BCUT2D eigenvalue weighted by atomic mass is 9.93. The highest BCUT2D eigenvalue weighted by Gasteiger charge is 2.30. The van der Waals surface area contributed by atoms with Crippen molar-refractivity contribution in [2.24, 2.45) is 0 Å². The quantitative estimate of drug-likeness (QED) is 0.436. The summed E-state index contributed by atoms with van der Waals surface area (Å²) in [5.41, 5.74) is 5.78. The highest BCUT2D eigenvalue weighted by atomic mass is 32.2. The fraction of sp³-hybridized carbons (Fsp3) is 0.360. The van der Waals surface area contributed by atoms with Gasteiger partial charge in [0.1, 0.15) is 23.4 Å². The largest absolute Gasteiger partial charge is 0.357 e. The number of benzene rings is 1. The van der Waals surface area contributed by atoms with Crippen molar-refractivity contribution in [3.8, 4) is 0 Å². The molecule has 8 nitrogen and oxygen atoms in total. The molecule has 2 aliphatic heterocycles. The van der Waals surface area contributed by atoms with Gasteiger partial charge in [-0.1, -0.05) is 11.2 Å². The summed E-state index contributed by atoms with van der Waals surface area (Å²) >= 11 is 0. The summed E-state index contributed by atoms with van der Waals surface area (Å²) in [5.74, 6) is 2.06. The maximum absolute atomic E-state index is 11.9. The van der Waals surface area contributed by atoms with Crippen LogP contribution in [0.3, 0.4) is 0 Å². The van der Waals surface area contributed by atoms with Crippen molar-refractivity contribution >= 4 is 39.2 Å². The molecule has 1 unspecified atom stereocenters. The minimum Gasteiger partial charge on any atom is -0.357 e. The molecule has 0 radical (unpaired) electrons. The third kappa shape index (κ3) is 3.64. The monoisotopic (exact) mass is 474 g/mol. The van der Waals surface area contributed by atoms with Crippen LogP contribution in [0.1, 0.15) is 35.6 Å². The van der Waals surface area contributed by atoms with Gasteiger partial charge in [0.05, 0.1) is 0 Å². The molecule has 34 heavy (non-hydrogen) atoms. The summed E-state index contributed by atoms with van der Waals surface area (Å²) in [5, 5.41) is 4.48. The molecule has 0 saturated carbocycles. The van der Waals surface area contributed by atoms with E-state index in [2.05, 4.69) is 49.0 Å². The molecule has 3 aromatic heterocycles. The summed E-state index contributed by atoms with van der Waals surface area (Å²) in [6.07, 6.45) is 8.06. The first-order chi connectivity index (χ1) is 16.6. The standard InChI is InChI=1S/C25H26N6O2S/c1-16-3-6-21(26-14-16)30-10-7-17(8-11-30)22-23-24(33-29-22)25(28-15-27-23)31-12-9-18-13-19(34(2)32)4-5-20(18)31/h3-6,13-15,17H,7-12H2,1-2H3. The molecule has 0 spiro atoms. The second-order valence-corrected chi connectivity index (χ2v) is 10.4. The number of nitrogens with zero attached hydrogens (tertiary/aromatic N) is 6. The van der Waals surface area contributed by atoms with Crippen molar-refractivity contribution in [3.05, 3.63) is 59.7 Å². The van der Waals surface area contributed by atoms with Crippen LogP contribution in [0.4, 0.5) is 17.3 Å². The number of pyridine rings is 1. The molecule has 0 bridgehead atoms. The van der Waals surface area contributed by atoms with Crippen LogP contribution >= 0.6 is 0 Å². The smallest absolute Gasteiger partial charge is 0.228 e. The Balaban J connectivity index is 1.26. The van der Waals surface area contributed by atoms with Gasteiger partial charge in [-0.2, -0.15) is 0 Å². The normalized spacial score (nSPS) is 17.4. The molecule has 2 aliphatic rings. The summed E-state index contributed by atoms with van der Waals surface area (Å²) in [4.78, 5) is 19.0. The van der Waals surface area contributed by atoms with Crippen molar-refractivity contribution in [1.82, 2.24) is 20.1 Å². The number of anilines is 3. The molecule has 1 atom stereocenters. The number of aromatic nitrogens is 4. The molecule has 174 valence electrons. The van der Waals surface area contributed by atoms with Crippen LogP contribution in [0.2, 0.25) is 0 Å². The van der Waals surface area contributed by atoms with E-state index < -0.39 is 10.8 Å². The highest BCUT2D eigenvalue weighted by Crippen LogP contribution is 2.40. The lowest BCUT2D eigenvalue weighted by molar-refractivity contribution is 0.416. The molecule has 0 amide bonds. The van der Waals surface area contributed by atoms with E-state index in [0.29, 0.717) is 11.5 Å². The molecule has 9 heteroatoms. The number of hydrogen-bond acceptors (Lipinski definition) is 8. The first-order valence-corrected chi connectivity index (χ1v) is 13.2. The van der Waals surface area contributed by atoms with Crippen LogP contribution in [0.5, 0.6) is 0 Å². The zero-order valence-corrected chi connectivity index (χ0v) is 20.1. The summed E-state index contributed by atoms with van der Waals surface area (Å²) < 4.78 is 17.7. The van der Waals surface area contributed by atoms with Crippen LogP contribution in [0.25, 0.3) is 11.1 Å². The van der Waals surface area contributed by atoms with E-state index >= 15 is 0 Å². The molecule has 5 heterocycles. The third-order valence-electron chi connectivity index (χ3n) is 6.90. The fourth-order valence-electron chi connectivity index (χ4n) is 5.04. The molecular weight excluding hydrogens is 448 g/mol. The summed E-state index contributed by atoms with van der Waals surface area (Å²) in [7, 11) is -0.995. The zero-order valence-electron chi connectivity index (χ0n) is 19.3. The number of aryl methyl sites for hydroxylation is 1. The number of piperidine rings is 1. The zero-order chi connectivity index (χ0) is 23.2. The highest BCUT2D eigenvalue weighted by molar-refractivity contribution is 7.84. The molecule has 1 saturated heterocycles. The molecule has 1 aromatic carbocycles. The third-order valence-corrected chi connectivity index (χ3v) is 7.82. The van der Waals surface area contributed by atoms with E-state index in [4.69, 9.17) is 4.52 Å². The molecule has 0 aliphatic carbocycles. The van der Waals surface area contributed by atoms with Gasteiger partial charge in [-0.25, -0.2) is 15.0 Å². The topological polar surface area (TPSA) is 88.3 Å². The van der Waals surface area contributed by atoms with E-state index in [1.54, 1.807) is 12.6 Å². The van der Waals surface area contributed by atoms with Gasteiger partial charge in [-0.05, 0) is 61.6 Å². The van der Waals surface area contributed by atoms with E-state index in [-0.39, 0.29) is 0 Å². The van der Waals surface area contributed by atoms with Gasteiger partial charge in [0.2, 0.25) is 5.58 Å². The predicted molar refractivity (Wildman–Crippen MR) is 132 cm³/mol. The average Bonchev–Trinajstić information content (AvgIpc) is 3.49. The Kier molecular flexibility index (Phi) is 5.28. The lowest BCUT2D eigenvalue weighted by Gasteiger charge is -2.32. The van der Waals surface area contributed by atoms with Gasteiger partial charge in [-0.3, -0.25) is 4.21 Å². The van der Waals surface area contributed by atoms with Gasteiger partial charge in [0.25, 0.3) is 0 Å². The molecule has 0 N–H and O–H groups in total. The minimum atomic E-state index is -0.995. The Bertz CT molecular complexity index is 1380. The number of hydrogen-bond donors (Lipinski definition) is 0. The van der Waals surface area contributed by atoms with Crippen LogP contribution in [-0.4, -0.2) is 50.2 Å². The first kappa shape index (κ1) is 21.2. The van der Waals surface area contributed by atoms with Gasteiger partial charge >= 0.3 is 0 Å². The second-order valence-electron chi connectivity index (χ2n) is 9.04. The van der Waals surface area contributed by atoms with Gasteiger partial charge < -0.3 is 14.3 Å². The van der Waals surface area contributed by atoms with Crippen LogP contribution in [0.15, 0.2) is 52.3 Å². The molecule has 4 aromatic rings. The Labute approximate surface area is 200 Å². The number of fused-ring (bicyclic) bond motifs is 2. The van der Waals surface area contributed by atoms with Crippen molar-refractivity contribution < 1.29 is 8.73 Å². The maximum atomic E-state index is 11.9. The minimum absolute atomic E-state index is 0.290. The average molecular weight is 475 g/mol. The van der Waals surface area contributed by atoms with Gasteiger partial charge in [-0.15, -0.1) is 0 Å². The predicted octanol–water partition coefficient (Wildman–Crippen LogP) is 4.14. The SMILES string of the molecule is Cc1ccc(N2CCC(c3noc4c(N5CCc6cc(S(C)=O)ccc65)ncnc34)CC2)nc1. The van der Waals surface area contributed by atoms with E-state index in [9.17, 15) is 4.21 Å². The van der Waals surface area contributed by atoms with Gasteiger partial charge in [0, 0.05) is 59.4 Å². The van der Waals surface area contributed by atoms with Crippen LogP contribution < -0.4 is 9.80 Å². The lowest BCUT2D eigenvalue weighted by Crippen LogP contribution is -2.33. The van der Waals surface area contributed by atoms with E-state index in [1.807, 2.05) is 24.4 Å². The Morgan fingerprint density at radius 3 is 2.68 bits per heavy atom. The van der Waals surface area contributed by atoms with E-state index in [0.717, 1.165) is 72.3 Å². The van der Waals surface area contributed by atoms with Gasteiger partial charge in [0.15, 0.2) is 5.82 Å². The Morgan fingerprint density at radius 1 is 1.06 bits per heavy atom. The number of rotatable bonds is 4. The Hall–Kier alpha value is -3.33. The van der Waals surface area contributed by atoms with Crippen LogP contribution in [0, 0.1) is 6.92 Å². The van der Waals surface area contributed by atoms with Crippen molar-refractivity contribution in [2.45, 2.75) is 37.0 Å². The first-order valence-electron chi connectivity index (χ1n) is 11.6. The van der Waals surface area contributed by atoms with Crippen molar-refractivity contribution in [3.63, 3.8) is 0 Å². The van der Waals surface area contributed by atoms with Crippen molar-refractivity contribution in [1.29, 1.82) is 0 Å². The maximum Gasteiger partial charge on any atom is 0.228 e. The Morgan fingerprint density at radius 2 is 1.91 bits per heavy atom. The van der Waals surface area contributed by atoms with E-state index in [1.165, 1.54) is 11.1 Å². The van der Waals surface area contributed by atoms with Crippen LogP contribution in [-0.2, 0) is 17.2 Å². The molecule has 6 rings (SSSR count). The summed E-state index contributed by atoms with van der Waals surface area (Å²) in [6.45, 7) is 4.70. The summed E-state index contributed by atoms with van der Waals surface area (Å²) in [6, 6.07) is 10.2. The molecular formula is C25H26N6O2S.